The number of nitrogens with one attached hydrogen (secondary N) is 1. The number of halogens is 1. The Kier molecular flexibility index (Phi) is 4.66. The Hall–Kier alpha value is -0.770. The molecular formula is C13H18ClNO2. The highest BCUT2D eigenvalue weighted by Crippen LogP contribution is 2.24. The SMILES string of the molecule is Oc1cccc(Cl)c1CNCCC1CCCO1. The maximum Gasteiger partial charge on any atom is 0.121 e. The topological polar surface area (TPSA) is 41.5 Å². The quantitative estimate of drug-likeness (QED) is 0.795. The molecule has 94 valence electrons. The largest absolute Gasteiger partial charge is 0.508 e. The van der Waals surface area contributed by atoms with Crippen molar-refractivity contribution >= 4 is 11.6 Å². The van der Waals surface area contributed by atoms with Crippen LogP contribution in [0, 0.1) is 0 Å². The first-order valence-electron chi connectivity index (χ1n) is 6.06. The molecule has 0 saturated carbocycles. The van der Waals surface area contributed by atoms with Crippen molar-refractivity contribution in [3.63, 3.8) is 0 Å². The highest BCUT2D eigenvalue weighted by molar-refractivity contribution is 6.31. The molecule has 17 heavy (non-hydrogen) atoms. The van der Waals surface area contributed by atoms with Crippen LogP contribution in [0.25, 0.3) is 0 Å². The van der Waals surface area contributed by atoms with E-state index in [0.717, 1.165) is 25.1 Å². The molecule has 2 N–H and O–H groups in total. The van der Waals surface area contributed by atoms with Gasteiger partial charge in [0, 0.05) is 23.7 Å². The van der Waals surface area contributed by atoms with Crippen LogP contribution in [0.3, 0.4) is 0 Å². The van der Waals surface area contributed by atoms with Gasteiger partial charge in [0.2, 0.25) is 0 Å². The van der Waals surface area contributed by atoms with E-state index in [0.29, 0.717) is 17.7 Å². The summed E-state index contributed by atoms with van der Waals surface area (Å²) in [5.74, 6) is 0.252. The fourth-order valence-electron chi connectivity index (χ4n) is 2.07. The molecule has 1 unspecified atom stereocenters. The van der Waals surface area contributed by atoms with Gasteiger partial charge in [-0.15, -0.1) is 0 Å². The molecular weight excluding hydrogens is 238 g/mol. The van der Waals surface area contributed by atoms with Crippen LogP contribution in [-0.2, 0) is 11.3 Å². The molecule has 0 bridgehead atoms. The minimum absolute atomic E-state index is 0.252. The van der Waals surface area contributed by atoms with Crippen LogP contribution in [0.5, 0.6) is 5.75 Å². The second kappa shape index (κ2) is 6.24. The molecule has 0 radical (unpaired) electrons. The summed E-state index contributed by atoms with van der Waals surface area (Å²) in [5.41, 5.74) is 0.765. The smallest absolute Gasteiger partial charge is 0.121 e. The van der Waals surface area contributed by atoms with Crippen molar-refractivity contribution in [3.8, 4) is 5.75 Å². The number of phenols is 1. The molecule has 1 aliphatic heterocycles. The Morgan fingerprint density at radius 2 is 2.35 bits per heavy atom. The lowest BCUT2D eigenvalue weighted by molar-refractivity contribution is 0.104. The molecule has 1 aliphatic rings. The van der Waals surface area contributed by atoms with E-state index < -0.39 is 0 Å². The third-order valence-electron chi connectivity index (χ3n) is 3.06. The molecule has 1 atom stereocenters. The highest BCUT2D eigenvalue weighted by atomic mass is 35.5. The summed E-state index contributed by atoms with van der Waals surface area (Å²) in [5, 5.41) is 13.5. The molecule has 1 aromatic rings. The summed E-state index contributed by atoms with van der Waals surface area (Å²) in [6, 6.07) is 5.19. The summed E-state index contributed by atoms with van der Waals surface area (Å²) in [7, 11) is 0. The average Bonchev–Trinajstić information content (AvgIpc) is 2.80. The van der Waals surface area contributed by atoms with Gasteiger partial charge in [0.1, 0.15) is 5.75 Å². The van der Waals surface area contributed by atoms with Gasteiger partial charge in [-0.3, -0.25) is 0 Å². The van der Waals surface area contributed by atoms with Gasteiger partial charge >= 0.3 is 0 Å². The average molecular weight is 256 g/mol. The molecule has 3 nitrogen and oxygen atoms in total. The van der Waals surface area contributed by atoms with Gasteiger partial charge in [0.15, 0.2) is 0 Å². The van der Waals surface area contributed by atoms with E-state index in [1.807, 2.05) is 0 Å². The van der Waals surface area contributed by atoms with Gasteiger partial charge in [-0.1, -0.05) is 17.7 Å². The minimum Gasteiger partial charge on any atom is -0.508 e. The monoisotopic (exact) mass is 255 g/mol. The number of ether oxygens (including phenoxy) is 1. The zero-order chi connectivity index (χ0) is 12.1. The van der Waals surface area contributed by atoms with Gasteiger partial charge in [-0.2, -0.15) is 0 Å². The number of hydrogen-bond donors (Lipinski definition) is 2. The molecule has 1 aromatic carbocycles. The molecule has 1 heterocycles. The fraction of sp³-hybridized carbons (Fsp3) is 0.538. The van der Waals surface area contributed by atoms with Crippen LogP contribution in [0.2, 0.25) is 5.02 Å². The number of rotatable bonds is 5. The third-order valence-corrected chi connectivity index (χ3v) is 3.42. The van der Waals surface area contributed by atoms with E-state index in [1.165, 1.54) is 12.8 Å². The highest BCUT2D eigenvalue weighted by Gasteiger charge is 2.14. The first-order chi connectivity index (χ1) is 8.27. The van der Waals surface area contributed by atoms with Crippen molar-refractivity contribution in [2.75, 3.05) is 13.2 Å². The van der Waals surface area contributed by atoms with Gasteiger partial charge in [-0.05, 0) is 37.9 Å². The third kappa shape index (κ3) is 3.60. The van der Waals surface area contributed by atoms with E-state index in [4.69, 9.17) is 16.3 Å². The molecule has 0 amide bonds. The predicted molar refractivity (Wildman–Crippen MR) is 68.4 cm³/mol. The van der Waals surface area contributed by atoms with Crippen molar-refractivity contribution in [3.05, 3.63) is 28.8 Å². The minimum atomic E-state index is 0.252. The Morgan fingerprint density at radius 1 is 1.47 bits per heavy atom. The zero-order valence-corrected chi connectivity index (χ0v) is 10.5. The van der Waals surface area contributed by atoms with Crippen LogP contribution in [-0.4, -0.2) is 24.4 Å². The van der Waals surface area contributed by atoms with Gasteiger partial charge in [0.05, 0.1) is 6.10 Å². The Bertz CT molecular complexity index is 344. The molecule has 1 saturated heterocycles. The van der Waals surface area contributed by atoms with Crippen molar-refractivity contribution in [2.24, 2.45) is 0 Å². The summed E-state index contributed by atoms with van der Waals surface area (Å²) in [6.07, 6.45) is 3.77. The normalized spacial score (nSPS) is 19.7. The Labute approximate surface area is 107 Å². The summed E-state index contributed by atoms with van der Waals surface area (Å²) < 4.78 is 5.54. The van der Waals surface area contributed by atoms with Crippen molar-refractivity contribution in [2.45, 2.75) is 31.9 Å². The van der Waals surface area contributed by atoms with Crippen LogP contribution in [0.15, 0.2) is 18.2 Å². The van der Waals surface area contributed by atoms with Gasteiger partial charge in [-0.25, -0.2) is 0 Å². The molecule has 0 aliphatic carbocycles. The second-order valence-electron chi connectivity index (χ2n) is 4.34. The van der Waals surface area contributed by atoms with E-state index >= 15 is 0 Å². The Balaban J connectivity index is 1.74. The number of hydrogen-bond acceptors (Lipinski definition) is 3. The lowest BCUT2D eigenvalue weighted by Crippen LogP contribution is -2.20. The first-order valence-corrected chi connectivity index (χ1v) is 6.44. The van der Waals surface area contributed by atoms with Crippen molar-refractivity contribution in [1.82, 2.24) is 5.32 Å². The lowest BCUT2D eigenvalue weighted by Gasteiger charge is -2.11. The summed E-state index contributed by atoms with van der Waals surface area (Å²) in [6.45, 7) is 2.38. The van der Waals surface area contributed by atoms with Gasteiger partial charge < -0.3 is 15.2 Å². The van der Waals surface area contributed by atoms with E-state index in [9.17, 15) is 5.11 Å². The number of aromatic hydroxyl groups is 1. The maximum atomic E-state index is 9.65. The first kappa shape index (κ1) is 12.7. The maximum absolute atomic E-state index is 9.65. The van der Waals surface area contributed by atoms with E-state index in [-0.39, 0.29) is 5.75 Å². The van der Waals surface area contributed by atoms with Crippen LogP contribution in [0.4, 0.5) is 0 Å². The molecule has 1 fully saturated rings. The summed E-state index contributed by atoms with van der Waals surface area (Å²) in [4.78, 5) is 0. The zero-order valence-electron chi connectivity index (χ0n) is 9.79. The standard InChI is InChI=1S/C13H18ClNO2/c14-12-4-1-5-13(16)11(12)9-15-7-6-10-3-2-8-17-10/h1,4-5,10,15-16H,2-3,6-9H2. The number of phenolic OH excluding ortho intramolecular Hbond substituents is 1. The van der Waals surface area contributed by atoms with E-state index in [1.54, 1.807) is 18.2 Å². The summed E-state index contributed by atoms with van der Waals surface area (Å²) >= 11 is 6.01. The Morgan fingerprint density at radius 3 is 3.06 bits per heavy atom. The molecule has 4 heteroatoms. The van der Waals surface area contributed by atoms with Crippen molar-refractivity contribution in [1.29, 1.82) is 0 Å². The molecule has 0 aromatic heterocycles. The predicted octanol–water partition coefficient (Wildman–Crippen LogP) is 2.70. The number of benzene rings is 1. The fourth-order valence-corrected chi connectivity index (χ4v) is 2.31. The van der Waals surface area contributed by atoms with Crippen LogP contribution >= 0.6 is 11.6 Å². The van der Waals surface area contributed by atoms with Crippen LogP contribution < -0.4 is 5.32 Å². The van der Waals surface area contributed by atoms with E-state index in [2.05, 4.69) is 5.32 Å². The van der Waals surface area contributed by atoms with Gasteiger partial charge in [0.25, 0.3) is 0 Å². The molecule has 0 spiro atoms. The van der Waals surface area contributed by atoms with Crippen LogP contribution in [0.1, 0.15) is 24.8 Å². The second-order valence-corrected chi connectivity index (χ2v) is 4.75. The lowest BCUT2D eigenvalue weighted by atomic mass is 10.1. The molecule has 2 rings (SSSR count). The van der Waals surface area contributed by atoms with Crippen molar-refractivity contribution < 1.29 is 9.84 Å².